The first kappa shape index (κ1) is 10.4. The Morgan fingerprint density at radius 3 is 3.07 bits per heavy atom. The molecule has 2 aromatic rings. The Bertz CT molecular complexity index is 437. The van der Waals surface area contributed by atoms with E-state index in [0.717, 1.165) is 28.9 Å². The van der Waals surface area contributed by atoms with Gasteiger partial charge in [-0.1, -0.05) is 21.1 Å². The van der Waals surface area contributed by atoms with E-state index in [1.807, 2.05) is 13.1 Å². The summed E-state index contributed by atoms with van der Waals surface area (Å²) >= 11 is 3.36. The van der Waals surface area contributed by atoms with E-state index in [4.69, 9.17) is 4.42 Å². The van der Waals surface area contributed by atoms with Crippen molar-refractivity contribution in [1.29, 1.82) is 0 Å². The SMILES string of the molecule is Cc1ocnc1Cn1cc(CCBr)nn1. The monoisotopic (exact) mass is 270 g/mol. The van der Waals surface area contributed by atoms with Crippen LogP contribution in [0.4, 0.5) is 0 Å². The Kier molecular flexibility index (Phi) is 3.15. The molecule has 0 radical (unpaired) electrons. The molecule has 0 aliphatic heterocycles. The predicted molar refractivity (Wildman–Crippen MR) is 57.9 cm³/mol. The van der Waals surface area contributed by atoms with Crippen molar-refractivity contribution in [3.8, 4) is 0 Å². The molecule has 0 unspecified atom stereocenters. The second-order valence-corrected chi connectivity index (χ2v) is 3.99. The first-order chi connectivity index (χ1) is 7.29. The lowest BCUT2D eigenvalue weighted by atomic mass is 10.3. The van der Waals surface area contributed by atoms with Gasteiger partial charge >= 0.3 is 0 Å². The quantitative estimate of drug-likeness (QED) is 0.792. The summed E-state index contributed by atoms with van der Waals surface area (Å²) in [5.74, 6) is 0.826. The molecule has 0 N–H and O–H groups in total. The van der Waals surface area contributed by atoms with Gasteiger partial charge in [0.05, 0.1) is 12.2 Å². The maximum Gasteiger partial charge on any atom is 0.181 e. The van der Waals surface area contributed by atoms with Crippen LogP contribution in [0.2, 0.25) is 0 Å². The zero-order chi connectivity index (χ0) is 10.7. The van der Waals surface area contributed by atoms with Crippen LogP contribution in [-0.4, -0.2) is 25.3 Å². The summed E-state index contributed by atoms with van der Waals surface area (Å²) in [5, 5.41) is 8.95. The molecule has 15 heavy (non-hydrogen) atoms. The number of nitrogens with zero attached hydrogens (tertiary/aromatic N) is 4. The van der Waals surface area contributed by atoms with Gasteiger partial charge in [-0.05, 0) is 6.92 Å². The molecule has 5 nitrogen and oxygen atoms in total. The molecular weight excluding hydrogens is 260 g/mol. The molecule has 0 atom stereocenters. The molecular formula is C9H11BrN4O. The Labute approximate surface area is 95.6 Å². The first-order valence-corrected chi connectivity index (χ1v) is 5.75. The van der Waals surface area contributed by atoms with Crippen LogP contribution in [0, 0.1) is 6.92 Å². The zero-order valence-electron chi connectivity index (χ0n) is 8.35. The van der Waals surface area contributed by atoms with E-state index in [0.29, 0.717) is 6.54 Å². The van der Waals surface area contributed by atoms with Crippen LogP contribution < -0.4 is 0 Å². The average molecular weight is 271 g/mol. The van der Waals surface area contributed by atoms with E-state index in [9.17, 15) is 0 Å². The molecule has 2 rings (SSSR count). The fourth-order valence-corrected chi connectivity index (χ4v) is 1.67. The van der Waals surface area contributed by atoms with Crippen LogP contribution in [0.1, 0.15) is 17.1 Å². The van der Waals surface area contributed by atoms with Crippen molar-refractivity contribution in [1.82, 2.24) is 20.0 Å². The Balaban J connectivity index is 2.08. The summed E-state index contributed by atoms with van der Waals surface area (Å²) in [4.78, 5) is 4.10. The summed E-state index contributed by atoms with van der Waals surface area (Å²) in [6, 6.07) is 0. The molecule has 80 valence electrons. The second-order valence-electron chi connectivity index (χ2n) is 3.20. The average Bonchev–Trinajstić information content (AvgIpc) is 2.79. The smallest absolute Gasteiger partial charge is 0.181 e. The number of oxazole rings is 1. The van der Waals surface area contributed by atoms with Gasteiger partial charge in [0.2, 0.25) is 0 Å². The number of rotatable bonds is 4. The molecule has 0 fully saturated rings. The van der Waals surface area contributed by atoms with Gasteiger partial charge in [-0.3, -0.25) is 0 Å². The Hall–Kier alpha value is -1.17. The van der Waals surface area contributed by atoms with Crippen LogP contribution >= 0.6 is 15.9 Å². The minimum Gasteiger partial charge on any atom is -0.448 e. The van der Waals surface area contributed by atoms with E-state index < -0.39 is 0 Å². The molecule has 2 aromatic heterocycles. The van der Waals surface area contributed by atoms with E-state index in [1.54, 1.807) is 4.68 Å². The van der Waals surface area contributed by atoms with Crippen LogP contribution in [-0.2, 0) is 13.0 Å². The lowest BCUT2D eigenvalue weighted by molar-refractivity contribution is 0.521. The maximum atomic E-state index is 5.11. The maximum absolute atomic E-state index is 5.11. The second kappa shape index (κ2) is 4.57. The van der Waals surface area contributed by atoms with Gasteiger partial charge in [0, 0.05) is 17.9 Å². The van der Waals surface area contributed by atoms with Crippen LogP contribution in [0.5, 0.6) is 0 Å². The summed E-state index contributed by atoms with van der Waals surface area (Å²) in [7, 11) is 0. The van der Waals surface area contributed by atoms with Crippen molar-refractivity contribution >= 4 is 15.9 Å². The van der Waals surface area contributed by atoms with Crippen molar-refractivity contribution in [2.75, 3.05) is 5.33 Å². The summed E-state index contributed by atoms with van der Waals surface area (Å²) in [5.41, 5.74) is 1.87. The lowest BCUT2D eigenvalue weighted by Gasteiger charge is -1.95. The molecule has 0 spiro atoms. The van der Waals surface area contributed by atoms with Gasteiger partial charge in [0.1, 0.15) is 11.5 Å². The molecule has 0 amide bonds. The molecule has 2 heterocycles. The first-order valence-electron chi connectivity index (χ1n) is 4.63. The number of hydrogen-bond acceptors (Lipinski definition) is 4. The predicted octanol–water partition coefficient (Wildman–Crippen LogP) is 1.56. The van der Waals surface area contributed by atoms with Gasteiger partial charge in [0.25, 0.3) is 0 Å². The fraction of sp³-hybridized carbons (Fsp3) is 0.444. The molecule has 0 aromatic carbocycles. The minimum absolute atomic E-state index is 0.609. The highest BCUT2D eigenvalue weighted by Crippen LogP contribution is 2.06. The van der Waals surface area contributed by atoms with Crippen molar-refractivity contribution < 1.29 is 4.42 Å². The topological polar surface area (TPSA) is 56.7 Å². The molecule has 0 aliphatic carbocycles. The number of hydrogen-bond donors (Lipinski definition) is 0. The van der Waals surface area contributed by atoms with Crippen LogP contribution in [0.3, 0.4) is 0 Å². The standard InChI is InChI=1S/C9H11BrN4O/c1-7-9(11-6-15-7)5-14-4-8(2-3-10)12-13-14/h4,6H,2-3,5H2,1H3. The zero-order valence-corrected chi connectivity index (χ0v) is 9.94. The van der Waals surface area contributed by atoms with Crippen LogP contribution in [0.25, 0.3) is 0 Å². The van der Waals surface area contributed by atoms with Crippen molar-refractivity contribution in [2.45, 2.75) is 19.9 Å². The number of halogens is 1. The highest BCUT2D eigenvalue weighted by Gasteiger charge is 2.06. The van der Waals surface area contributed by atoms with E-state index in [-0.39, 0.29) is 0 Å². The molecule has 0 aliphatic rings. The van der Waals surface area contributed by atoms with Gasteiger partial charge in [-0.25, -0.2) is 9.67 Å². The highest BCUT2D eigenvalue weighted by molar-refractivity contribution is 9.09. The van der Waals surface area contributed by atoms with Gasteiger partial charge < -0.3 is 4.42 Å². The highest BCUT2D eigenvalue weighted by atomic mass is 79.9. The number of aromatic nitrogens is 4. The normalized spacial score (nSPS) is 10.8. The van der Waals surface area contributed by atoms with Gasteiger partial charge in [-0.15, -0.1) is 5.10 Å². The summed E-state index contributed by atoms with van der Waals surface area (Å²) < 4.78 is 6.88. The van der Waals surface area contributed by atoms with Crippen molar-refractivity contribution in [2.24, 2.45) is 0 Å². The van der Waals surface area contributed by atoms with E-state index >= 15 is 0 Å². The molecule has 6 heteroatoms. The fourth-order valence-electron chi connectivity index (χ4n) is 1.26. The van der Waals surface area contributed by atoms with Crippen molar-refractivity contribution in [3.05, 3.63) is 29.7 Å². The third-order valence-electron chi connectivity index (χ3n) is 2.09. The minimum atomic E-state index is 0.609. The number of alkyl halides is 1. The van der Waals surface area contributed by atoms with Crippen LogP contribution in [0.15, 0.2) is 17.0 Å². The lowest BCUT2D eigenvalue weighted by Crippen LogP contribution is -2.01. The Morgan fingerprint density at radius 1 is 1.53 bits per heavy atom. The molecule has 0 saturated heterocycles. The largest absolute Gasteiger partial charge is 0.448 e. The summed E-state index contributed by atoms with van der Waals surface area (Å²) in [6.07, 6.45) is 4.26. The molecule has 0 saturated carbocycles. The van der Waals surface area contributed by atoms with Gasteiger partial charge in [-0.2, -0.15) is 0 Å². The van der Waals surface area contributed by atoms with E-state index in [1.165, 1.54) is 6.39 Å². The third-order valence-corrected chi connectivity index (χ3v) is 2.49. The van der Waals surface area contributed by atoms with E-state index in [2.05, 4.69) is 31.2 Å². The third kappa shape index (κ3) is 2.44. The molecule has 0 bridgehead atoms. The van der Waals surface area contributed by atoms with Crippen molar-refractivity contribution in [3.63, 3.8) is 0 Å². The van der Waals surface area contributed by atoms with Gasteiger partial charge in [0.15, 0.2) is 6.39 Å². The summed E-state index contributed by atoms with van der Waals surface area (Å²) in [6.45, 7) is 2.50. The Morgan fingerprint density at radius 2 is 2.40 bits per heavy atom. The number of aryl methyl sites for hydroxylation is 2.